The third-order valence-electron chi connectivity index (χ3n) is 4.36. The zero-order valence-electron chi connectivity index (χ0n) is 15.3. The van der Waals surface area contributed by atoms with Gasteiger partial charge in [-0.2, -0.15) is 8.75 Å². The first-order valence-electron chi connectivity index (χ1n) is 9.02. The Hall–Kier alpha value is -2.92. The molecular weight excluding hydrogens is 356 g/mol. The first-order valence-corrected chi connectivity index (χ1v) is 9.75. The lowest BCUT2D eigenvalue weighted by Crippen LogP contribution is -1.93. The fraction of sp³-hybridized carbons (Fsp3) is 0.182. The van der Waals surface area contributed by atoms with Crippen LogP contribution in [-0.4, -0.2) is 22.0 Å². The molecule has 136 valence electrons. The van der Waals surface area contributed by atoms with Gasteiger partial charge in [-0.15, -0.1) is 0 Å². The molecule has 1 heterocycles. The molecule has 0 saturated carbocycles. The third kappa shape index (κ3) is 3.51. The molecule has 0 bridgehead atoms. The number of benzene rings is 3. The SMILES string of the molecule is CCOc1ccc(-c2ccc3nsnc3c2-c2ccc(OCC)cc2)cc1. The van der Waals surface area contributed by atoms with Crippen molar-refractivity contribution in [2.75, 3.05) is 13.2 Å². The summed E-state index contributed by atoms with van der Waals surface area (Å²) < 4.78 is 20.1. The van der Waals surface area contributed by atoms with E-state index in [9.17, 15) is 0 Å². The number of nitrogens with zero attached hydrogens (tertiary/aromatic N) is 2. The molecule has 0 radical (unpaired) electrons. The van der Waals surface area contributed by atoms with Gasteiger partial charge in [0, 0.05) is 5.56 Å². The molecule has 0 spiro atoms. The standard InChI is InChI=1S/C22H20N2O2S/c1-3-25-17-9-5-15(6-10-17)19-13-14-20-22(24-27-23-20)21(19)16-7-11-18(12-8-16)26-4-2/h5-14H,3-4H2,1-2H3. The number of fused-ring (bicyclic) bond motifs is 1. The van der Waals surface area contributed by atoms with E-state index < -0.39 is 0 Å². The molecule has 5 heteroatoms. The Labute approximate surface area is 162 Å². The van der Waals surface area contributed by atoms with Crippen molar-refractivity contribution in [3.05, 3.63) is 60.7 Å². The lowest BCUT2D eigenvalue weighted by atomic mass is 9.93. The highest BCUT2D eigenvalue weighted by molar-refractivity contribution is 7.00. The van der Waals surface area contributed by atoms with E-state index >= 15 is 0 Å². The van der Waals surface area contributed by atoms with Gasteiger partial charge in [-0.25, -0.2) is 0 Å². The second kappa shape index (κ2) is 7.76. The second-order valence-corrected chi connectivity index (χ2v) is 6.56. The van der Waals surface area contributed by atoms with Crippen LogP contribution in [-0.2, 0) is 0 Å². The Bertz CT molecular complexity index is 1040. The van der Waals surface area contributed by atoms with Crippen molar-refractivity contribution in [2.24, 2.45) is 0 Å². The number of ether oxygens (including phenoxy) is 2. The summed E-state index contributed by atoms with van der Waals surface area (Å²) in [6.45, 7) is 5.29. The summed E-state index contributed by atoms with van der Waals surface area (Å²) >= 11 is 1.24. The fourth-order valence-corrected chi connectivity index (χ4v) is 3.71. The van der Waals surface area contributed by atoms with Crippen molar-refractivity contribution in [1.82, 2.24) is 8.75 Å². The van der Waals surface area contributed by atoms with Crippen LogP contribution in [0.2, 0.25) is 0 Å². The Morgan fingerprint density at radius 3 is 1.89 bits per heavy atom. The van der Waals surface area contributed by atoms with Crippen LogP contribution in [0.15, 0.2) is 60.7 Å². The van der Waals surface area contributed by atoms with Gasteiger partial charge in [-0.3, -0.25) is 0 Å². The van der Waals surface area contributed by atoms with Crippen LogP contribution in [0.25, 0.3) is 33.3 Å². The van der Waals surface area contributed by atoms with Gasteiger partial charge in [0.15, 0.2) is 0 Å². The lowest BCUT2D eigenvalue weighted by molar-refractivity contribution is 0.340. The maximum atomic E-state index is 5.58. The first-order chi connectivity index (χ1) is 13.3. The quantitative estimate of drug-likeness (QED) is 0.425. The molecule has 3 aromatic carbocycles. The minimum Gasteiger partial charge on any atom is -0.494 e. The Balaban J connectivity index is 1.84. The summed E-state index contributed by atoms with van der Waals surface area (Å²) in [6.07, 6.45) is 0. The molecule has 0 unspecified atom stereocenters. The molecule has 0 N–H and O–H groups in total. The smallest absolute Gasteiger partial charge is 0.119 e. The zero-order valence-corrected chi connectivity index (χ0v) is 16.1. The van der Waals surface area contributed by atoms with Crippen LogP contribution < -0.4 is 9.47 Å². The maximum Gasteiger partial charge on any atom is 0.119 e. The monoisotopic (exact) mass is 376 g/mol. The number of hydrogen-bond donors (Lipinski definition) is 0. The minimum absolute atomic E-state index is 0.655. The fourth-order valence-electron chi connectivity index (χ4n) is 3.17. The number of aromatic nitrogens is 2. The van der Waals surface area contributed by atoms with E-state index in [2.05, 4.69) is 39.1 Å². The summed E-state index contributed by atoms with van der Waals surface area (Å²) in [6, 6.07) is 20.5. The predicted octanol–water partition coefficient (Wildman–Crippen LogP) is 5.82. The summed E-state index contributed by atoms with van der Waals surface area (Å²) in [5.74, 6) is 1.74. The van der Waals surface area contributed by atoms with Crippen LogP contribution in [0, 0.1) is 0 Å². The van der Waals surface area contributed by atoms with Gasteiger partial charge < -0.3 is 9.47 Å². The summed E-state index contributed by atoms with van der Waals surface area (Å²) in [4.78, 5) is 0. The molecule has 27 heavy (non-hydrogen) atoms. The second-order valence-electron chi connectivity index (χ2n) is 6.03. The Morgan fingerprint density at radius 2 is 1.30 bits per heavy atom. The molecule has 0 atom stereocenters. The Kier molecular flexibility index (Phi) is 5.03. The largest absolute Gasteiger partial charge is 0.494 e. The maximum absolute atomic E-state index is 5.58. The van der Waals surface area contributed by atoms with E-state index in [4.69, 9.17) is 9.47 Å². The topological polar surface area (TPSA) is 44.2 Å². The normalized spacial score (nSPS) is 10.9. The van der Waals surface area contributed by atoms with E-state index in [-0.39, 0.29) is 0 Å². The minimum atomic E-state index is 0.655. The van der Waals surface area contributed by atoms with Crippen molar-refractivity contribution >= 4 is 22.8 Å². The predicted molar refractivity (Wildman–Crippen MR) is 111 cm³/mol. The highest BCUT2D eigenvalue weighted by Gasteiger charge is 2.15. The molecule has 0 amide bonds. The summed E-state index contributed by atoms with van der Waals surface area (Å²) in [5, 5.41) is 0. The van der Waals surface area contributed by atoms with Gasteiger partial charge >= 0.3 is 0 Å². The van der Waals surface area contributed by atoms with Crippen molar-refractivity contribution in [3.8, 4) is 33.8 Å². The van der Waals surface area contributed by atoms with Gasteiger partial charge in [0.25, 0.3) is 0 Å². The average molecular weight is 376 g/mol. The highest BCUT2D eigenvalue weighted by atomic mass is 32.1. The Morgan fingerprint density at radius 1 is 0.704 bits per heavy atom. The number of rotatable bonds is 6. The van der Waals surface area contributed by atoms with Crippen LogP contribution in [0.1, 0.15) is 13.8 Å². The molecule has 4 nitrogen and oxygen atoms in total. The van der Waals surface area contributed by atoms with E-state index in [1.54, 1.807) is 0 Å². The molecule has 0 saturated heterocycles. The van der Waals surface area contributed by atoms with E-state index in [0.29, 0.717) is 13.2 Å². The van der Waals surface area contributed by atoms with Gasteiger partial charge in [-0.05, 0) is 60.9 Å². The average Bonchev–Trinajstić information content (AvgIpc) is 3.18. The molecule has 0 aliphatic heterocycles. The summed E-state index contributed by atoms with van der Waals surface area (Å²) in [7, 11) is 0. The third-order valence-corrected chi connectivity index (χ3v) is 4.90. The number of hydrogen-bond acceptors (Lipinski definition) is 5. The molecule has 0 aliphatic carbocycles. The van der Waals surface area contributed by atoms with Crippen LogP contribution in [0.3, 0.4) is 0 Å². The van der Waals surface area contributed by atoms with Crippen molar-refractivity contribution in [3.63, 3.8) is 0 Å². The molecule has 4 aromatic rings. The molecule has 4 rings (SSSR count). The van der Waals surface area contributed by atoms with E-state index in [1.807, 2.05) is 44.2 Å². The van der Waals surface area contributed by atoms with Gasteiger partial charge in [0.2, 0.25) is 0 Å². The van der Waals surface area contributed by atoms with Crippen LogP contribution in [0.5, 0.6) is 11.5 Å². The lowest BCUT2D eigenvalue weighted by Gasteiger charge is -2.12. The first kappa shape index (κ1) is 17.5. The van der Waals surface area contributed by atoms with E-state index in [0.717, 1.165) is 44.8 Å². The molecule has 0 aliphatic rings. The molecule has 1 aromatic heterocycles. The van der Waals surface area contributed by atoms with Gasteiger partial charge in [-0.1, -0.05) is 30.3 Å². The van der Waals surface area contributed by atoms with Gasteiger partial charge in [0.05, 0.1) is 24.9 Å². The van der Waals surface area contributed by atoms with Gasteiger partial charge in [0.1, 0.15) is 22.5 Å². The highest BCUT2D eigenvalue weighted by Crippen LogP contribution is 2.38. The zero-order chi connectivity index (χ0) is 18.6. The van der Waals surface area contributed by atoms with Crippen molar-refractivity contribution in [2.45, 2.75) is 13.8 Å². The van der Waals surface area contributed by atoms with E-state index in [1.165, 1.54) is 11.7 Å². The van der Waals surface area contributed by atoms with Crippen molar-refractivity contribution < 1.29 is 9.47 Å². The van der Waals surface area contributed by atoms with Crippen molar-refractivity contribution in [1.29, 1.82) is 0 Å². The molecule has 0 fully saturated rings. The van der Waals surface area contributed by atoms with Crippen LogP contribution >= 0.6 is 11.7 Å². The summed E-state index contributed by atoms with van der Waals surface area (Å²) in [5.41, 5.74) is 6.28. The van der Waals surface area contributed by atoms with Crippen LogP contribution in [0.4, 0.5) is 0 Å². The molecular formula is C22H20N2O2S.